The highest BCUT2D eigenvalue weighted by Gasteiger charge is 2.11. The first-order valence-corrected chi connectivity index (χ1v) is 9.68. The van der Waals surface area contributed by atoms with E-state index in [2.05, 4.69) is 15.7 Å². The van der Waals surface area contributed by atoms with Gasteiger partial charge in [-0.25, -0.2) is 0 Å². The third-order valence-electron chi connectivity index (χ3n) is 4.36. The van der Waals surface area contributed by atoms with Crippen LogP contribution in [0.2, 0.25) is 5.02 Å². The Morgan fingerprint density at radius 3 is 2.54 bits per heavy atom. The van der Waals surface area contributed by atoms with Crippen molar-refractivity contribution in [1.29, 1.82) is 0 Å². The van der Waals surface area contributed by atoms with Gasteiger partial charge in [-0.2, -0.15) is 5.10 Å². The van der Waals surface area contributed by atoms with Crippen molar-refractivity contribution in [1.82, 2.24) is 20.4 Å². The fourth-order valence-corrected chi connectivity index (χ4v) is 2.88. The summed E-state index contributed by atoms with van der Waals surface area (Å²) in [6, 6.07) is 7.67. The molecule has 0 atom stereocenters. The number of hydrogen-bond donors (Lipinski definition) is 2. The smallest absolute Gasteiger partial charge is 0.244 e. The van der Waals surface area contributed by atoms with E-state index in [1.54, 1.807) is 6.08 Å². The van der Waals surface area contributed by atoms with Gasteiger partial charge in [-0.05, 0) is 31.6 Å². The highest BCUT2D eigenvalue weighted by atomic mass is 35.5. The normalized spacial score (nSPS) is 11.2. The molecule has 0 aliphatic carbocycles. The maximum Gasteiger partial charge on any atom is 0.244 e. The Morgan fingerprint density at radius 1 is 1.18 bits per heavy atom. The van der Waals surface area contributed by atoms with Crippen LogP contribution < -0.4 is 10.6 Å². The first kappa shape index (κ1) is 21.7. The predicted octanol–water partition coefficient (Wildman–Crippen LogP) is 3.10. The van der Waals surface area contributed by atoms with Crippen molar-refractivity contribution < 1.29 is 9.59 Å². The van der Waals surface area contributed by atoms with Crippen LogP contribution in [0, 0.1) is 19.8 Å². The number of halogens is 1. The van der Waals surface area contributed by atoms with Crippen molar-refractivity contribution in [2.24, 2.45) is 5.92 Å². The molecule has 0 fully saturated rings. The Morgan fingerprint density at radius 2 is 1.86 bits per heavy atom. The van der Waals surface area contributed by atoms with Gasteiger partial charge >= 0.3 is 0 Å². The van der Waals surface area contributed by atoms with Gasteiger partial charge in [-0.1, -0.05) is 43.6 Å². The lowest BCUT2D eigenvalue weighted by Gasteiger charge is -2.07. The van der Waals surface area contributed by atoms with E-state index in [9.17, 15) is 9.59 Å². The van der Waals surface area contributed by atoms with Crippen LogP contribution in [0.25, 0.3) is 6.08 Å². The number of hydrogen-bond acceptors (Lipinski definition) is 3. The van der Waals surface area contributed by atoms with Gasteiger partial charge in [0.05, 0.1) is 12.2 Å². The molecule has 1 aromatic carbocycles. The summed E-state index contributed by atoms with van der Waals surface area (Å²) in [5, 5.41) is 10.8. The maximum absolute atomic E-state index is 12.0. The number of amides is 2. The minimum Gasteiger partial charge on any atom is -0.354 e. The van der Waals surface area contributed by atoms with Crippen molar-refractivity contribution >= 4 is 29.5 Å². The van der Waals surface area contributed by atoms with Gasteiger partial charge in [-0.3, -0.25) is 14.3 Å². The van der Waals surface area contributed by atoms with Gasteiger partial charge in [0.15, 0.2) is 0 Å². The van der Waals surface area contributed by atoms with Gasteiger partial charge in [-0.15, -0.1) is 0 Å². The van der Waals surface area contributed by atoms with E-state index in [-0.39, 0.29) is 17.7 Å². The average Bonchev–Trinajstić information content (AvgIpc) is 2.91. The van der Waals surface area contributed by atoms with Crippen LogP contribution >= 0.6 is 11.6 Å². The van der Waals surface area contributed by atoms with Crippen LogP contribution in [-0.2, 0) is 16.1 Å². The molecule has 0 aliphatic heterocycles. The standard InChI is InChI=1S/C21H27ClN4O2/c1-14(2)21(28)24-12-11-23-20(27)10-9-18-15(3)25-26(16(18)4)13-17-7-5-6-8-19(17)22/h5-10,14H,11-13H2,1-4H3,(H,23,27)(H,24,28). The summed E-state index contributed by atoms with van der Waals surface area (Å²) in [6.45, 7) is 8.89. The zero-order chi connectivity index (χ0) is 20.7. The molecular weight excluding hydrogens is 376 g/mol. The van der Waals surface area contributed by atoms with Crippen LogP contribution in [0.5, 0.6) is 0 Å². The highest BCUT2D eigenvalue weighted by molar-refractivity contribution is 6.31. The maximum atomic E-state index is 12.0. The van der Waals surface area contributed by atoms with Crippen molar-refractivity contribution in [2.45, 2.75) is 34.2 Å². The second-order valence-electron chi connectivity index (χ2n) is 6.90. The van der Waals surface area contributed by atoms with Gasteiger partial charge in [0.25, 0.3) is 0 Å². The number of benzene rings is 1. The van der Waals surface area contributed by atoms with E-state index in [1.165, 1.54) is 6.08 Å². The summed E-state index contributed by atoms with van der Waals surface area (Å²) >= 11 is 6.24. The zero-order valence-corrected chi connectivity index (χ0v) is 17.5. The minimum atomic E-state index is -0.212. The van der Waals surface area contributed by atoms with Gasteiger partial charge < -0.3 is 10.6 Å². The molecule has 0 radical (unpaired) electrons. The Balaban J connectivity index is 1.94. The number of nitrogens with zero attached hydrogens (tertiary/aromatic N) is 2. The first-order valence-electron chi connectivity index (χ1n) is 9.30. The number of carbonyl (C=O) groups is 2. The molecule has 2 rings (SSSR count). The van der Waals surface area contributed by atoms with Crippen LogP contribution in [0.4, 0.5) is 0 Å². The molecule has 0 saturated carbocycles. The molecule has 0 aliphatic rings. The third-order valence-corrected chi connectivity index (χ3v) is 4.73. The molecule has 150 valence electrons. The Bertz CT molecular complexity index is 871. The van der Waals surface area contributed by atoms with Crippen molar-refractivity contribution in [2.75, 3.05) is 13.1 Å². The molecule has 28 heavy (non-hydrogen) atoms. The molecule has 1 aromatic heterocycles. The quantitative estimate of drug-likeness (QED) is 0.526. The molecule has 7 heteroatoms. The Labute approximate surface area is 171 Å². The fourth-order valence-electron chi connectivity index (χ4n) is 2.69. The fraction of sp³-hybridized carbons (Fsp3) is 0.381. The topological polar surface area (TPSA) is 76.0 Å². The molecule has 0 spiro atoms. The van der Waals surface area contributed by atoms with Crippen LogP contribution in [-0.4, -0.2) is 34.7 Å². The largest absolute Gasteiger partial charge is 0.354 e. The molecular formula is C21H27ClN4O2. The van der Waals surface area contributed by atoms with E-state index < -0.39 is 0 Å². The molecule has 0 unspecified atom stereocenters. The van der Waals surface area contributed by atoms with Gasteiger partial charge in [0.2, 0.25) is 11.8 Å². The van der Waals surface area contributed by atoms with Gasteiger partial charge in [0.1, 0.15) is 0 Å². The molecule has 6 nitrogen and oxygen atoms in total. The van der Waals surface area contributed by atoms with E-state index in [4.69, 9.17) is 11.6 Å². The van der Waals surface area contributed by atoms with Crippen LogP contribution in [0.3, 0.4) is 0 Å². The Hall–Kier alpha value is -2.60. The number of nitrogens with one attached hydrogen (secondary N) is 2. The SMILES string of the molecule is Cc1nn(Cc2ccccc2Cl)c(C)c1C=CC(=O)NCCNC(=O)C(C)C. The number of aromatic nitrogens is 2. The van der Waals surface area contributed by atoms with Gasteiger partial charge in [0, 0.05) is 41.4 Å². The molecule has 2 N–H and O–H groups in total. The molecule has 1 heterocycles. The molecule has 0 bridgehead atoms. The lowest BCUT2D eigenvalue weighted by atomic mass is 10.1. The van der Waals surface area contributed by atoms with E-state index in [0.29, 0.717) is 24.7 Å². The van der Waals surface area contributed by atoms with Crippen LogP contribution in [0.15, 0.2) is 30.3 Å². The summed E-state index contributed by atoms with van der Waals surface area (Å²) in [7, 11) is 0. The number of aryl methyl sites for hydroxylation is 1. The van der Waals surface area contributed by atoms with E-state index in [1.807, 2.05) is 56.6 Å². The third kappa shape index (κ3) is 5.96. The average molecular weight is 403 g/mol. The monoisotopic (exact) mass is 402 g/mol. The highest BCUT2D eigenvalue weighted by Crippen LogP contribution is 2.20. The second kappa shape index (κ2) is 10.1. The summed E-state index contributed by atoms with van der Waals surface area (Å²) in [5.74, 6) is -0.303. The van der Waals surface area contributed by atoms with Crippen molar-refractivity contribution in [3.8, 4) is 0 Å². The molecule has 2 amide bonds. The number of carbonyl (C=O) groups excluding carboxylic acids is 2. The Kier molecular flexibility index (Phi) is 7.81. The molecule has 0 saturated heterocycles. The summed E-state index contributed by atoms with van der Waals surface area (Å²) in [5.41, 5.74) is 3.71. The predicted molar refractivity (Wildman–Crippen MR) is 112 cm³/mol. The van der Waals surface area contributed by atoms with Crippen molar-refractivity contribution in [3.05, 3.63) is 57.9 Å². The zero-order valence-electron chi connectivity index (χ0n) is 16.8. The summed E-state index contributed by atoms with van der Waals surface area (Å²) in [4.78, 5) is 23.5. The lowest BCUT2D eigenvalue weighted by Crippen LogP contribution is -2.35. The lowest BCUT2D eigenvalue weighted by molar-refractivity contribution is -0.124. The van der Waals surface area contributed by atoms with Crippen LogP contribution in [0.1, 0.15) is 36.4 Å². The number of rotatable bonds is 8. The van der Waals surface area contributed by atoms with E-state index in [0.717, 1.165) is 22.5 Å². The summed E-state index contributed by atoms with van der Waals surface area (Å²) in [6.07, 6.45) is 3.25. The second-order valence-corrected chi connectivity index (χ2v) is 7.31. The van der Waals surface area contributed by atoms with E-state index >= 15 is 0 Å². The minimum absolute atomic E-state index is 0.0259. The molecule has 2 aromatic rings. The first-order chi connectivity index (χ1) is 13.3. The summed E-state index contributed by atoms with van der Waals surface area (Å²) < 4.78 is 1.88. The van der Waals surface area contributed by atoms with Crippen molar-refractivity contribution in [3.63, 3.8) is 0 Å².